The molecule has 0 fully saturated rings. The molecule has 0 heterocycles. The van der Waals surface area contributed by atoms with Gasteiger partial charge >= 0.3 is 0 Å². The Hall–Kier alpha value is -2.96. The Morgan fingerprint density at radius 1 is 0.550 bits per heavy atom. The molecular formula is C30H18Cl6O4. The molecule has 0 amide bonds. The van der Waals surface area contributed by atoms with Crippen LogP contribution in [0.3, 0.4) is 0 Å². The first-order valence-electron chi connectivity index (χ1n) is 11.3. The molecule has 10 heteroatoms. The van der Waals surface area contributed by atoms with E-state index in [9.17, 15) is 19.8 Å². The Balaban J connectivity index is 0.000000220. The summed E-state index contributed by atoms with van der Waals surface area (Å²) in [6, 6.07) is 19.1. The van der Waals surface area contributed by atoms with E-state index in [0.717, 1.165) is 0 Å². The van der Waals surface area contributed by atoms with Crippen LogP contribution >= 0.6 is 69.6 Å². The number of halogens is 6. The minimum absolute atomic E-state index is 0.115. The lowest BCUT2D eigenvalue weighted by molar-refractivity contribution is 0.104. The lowest BCUT2D eigenvalue weighted by Crippen LogP contribution is -1.94. The van der Waals surface area contributed by atoms with Crippen molar-refractivity contribution in [1.82, 2.24) is 0 Å². The summed E-state index contributed by atoms with van der Waals surface area (Å²) >= 11 is 35.0. The van der Waals surface area contributed by atoms with Crippen LogP contribution in [0.15, 0.2) is 84.9 Å². The Morgan fingerprint density at radius 3 is 1.52 bits per heavy atom. The predicted molar refractivity (Wildman–Crippen MR) is 166 cm³/mol. The van der Waals surface area contributed by atoms with Gasteiger partial charge in [0.15, 0.2) is 11.6 Å². The van der Waals surface area contributed by atoms with Crippen LogP contribution in [0.2, 0.25) is 30.1 Å². The van der Waals surface area contributed by atoms with E-state index in [0.29, 0.717) is 42.3 Å². The minimum atomic E-state index is -0.272. The number of rotatable bonds is 6. The first kappa shape index (κ1) is 31.6. The normalized spacial score (nSPS) is 10.9. The fourth-order valence-corrected chi connectivity index (χ4v) is 4.59. The molecule has 0 radical (unpaired) electrons. The van der Waals surface area contributed by atoms with E-state index < -0.39 is 0 Å². The summed E-state index contributed by atoms with van der Waals surface area (Å²) in [5.41, 5.74) is 1.63. The third-order valence-electron chi connectivity index (χ3n) is 5.21. The number of phenolic OH excluding ortho intramolecular Hbond substituents is 2. The molecule has 0 saturated heterocycles. The molecule has 0 aromatic heterocycles. The van der Waals surface area contributed by atoms with Crippen molar-refractivity contribution in [1.29, 1.82) is 0 Å². The highest BCUT2D eigenvalue weighted by Crippen LogP contribution is 2.33. The Bertz CT molecular complexity index is 1610. The molecule has 0 saturated carbocycles. The summed E-state index contributed by atoms with van der Waals surface area (Å²) in [6.45, 7) is 0. The summed E-state index contributed by atoms with van der Waals surface area (Å²) in [5, 5.41) is 21.5. The van der Waals surface area contributed by atoms with Gasteiger partial charge in [-0.1, -0.05) is 81.7 Å². The number of aromatic hydroxyl groups is 2. The van der Waals surface area contributed by atoms with E-state index in [-0.39, 0.29) is 33.1 Å². The van der Waals surface area contributed by atoms with Gasteiger partial charge < -0.3 is 10.2 Å². The van der Waals surface area contributed by atoms with E-state index >= 15 is 0 Å². The van der Waals surface area contributed by atoms with Crippen LogP contribution in [0.25, 0.3) is 12.2 Å². The number of carbonyl (C=O) groups excluding carboxylic acids is 2. The highest BCUT2D eigenvalue weighted by atomic mass is 35.5. The molecule has 0 unspecified atom stereocenters. The molecule has 2 N–H and O–H groups in total. The largest absolute Gasteiger partial charge is 0.506 e. The van der Waals surface area contributed by atoms with Crippen LogP contribution in [-0.4, -0.2) is 21.8 Å². The predicted octanol–water partition coefficient (Wildman–Crippen LogP) is 10.5. The second-order valence-corrected chi connectivity index (χ2v) is 10.6. The molecule has 0 aliphatic heterocycles. The van der Waals surface area contributed by atoms with Crippen LogP contribution < -0.4 is 0 Å². The zero-order chi connectivity index (χ0) is 29.4. The van der Waals surface area contributed by atoms with Crippen molar-refractivity contribution in [3.05, 3.63) is 137 Å². The smallest absolute Gasteiger partial charge is 0.187 e. The summed E-state index contributed by atoms with van der Waals surface area (Å²) in [4.78, 5) is 23.9. The number of hydrogen-bond acceptors (Lipinski definition) is 4. The van der Waals surface area contributed by atoms with E-state index in [1.165, 1.54) is 48.6 Å². The van der Waals surface area contributed by atoms with Crippen LogP contribution in [0.4, 0.5) is 0 Å². The molecule has 4 aromatic rings. The van der Waals surface area contributed by atoms with E-state index in [1.54, 1.807) is 48.5 Å². The van der Waals surface area contributed by atoms with E-state index in [2.05, 4.69) is 0 Å². The fourth-order valence-electron chi connectivity index (χ4n) is 3.22. The van der Waals surface area contributed by atoms with Crippen LogP contribution in [0.1, 0.15) is 31.8 Å². The second-order valence-electron chi connectivity index (χ2n) is 8.03. The molecule has 0 atom stereocenters. The van der Waals surface area contributed by atoms with Crippen molar-refractivity contribution in [2.45, 2.75) is 0 Å². The fraction of sp³-hybridized carbons (Fsp3) is 0. The van der Waals surface area contributed by atoms with Gasteiger partial charge in [0, 0.05) is 37.3 Å². The van der Waals surface area contributed by atoms with Crippen molar-refractivity contribution >= 4 is 93.3 Å². The minimum Gasteiger partial charge on any atom is -0.506 e. The van der Waals surface area contributed by atoms with Gasteiger partial charge in [-0.05, 0) is 85.0 Å². The molecule has 40 heavy (non-hydrogen) atoms. The molecule has 4 nitrogen and oxygen atoms in total. The van der Waals surface area contributed by atoms with Crippen molar-refractivity contribution in [3.8, 4) is 11.5 Å². The van der Waals surface area contributed by atoms with Crippen LogP contribution in [-0.2, 0) is 0 Å². The topological polar surface area (TPSA) is 74.6 Å². The molecule has 0 aliphatic rings. The van der Waals surface area contributed by atoms with Crippen molar-refractivity contribution in [3.63, 3.8) is 0 Å². The number of phenols is 2. The lowest BCUT2D eigenvalue weighted by atomic mass is 10.1. The Kier molecular flexibility index (Phi) is 11.5. The van der Waals surface area contributed by atoms with Crippen LogP contribution in [0, 0.1) is 0 Å². The number of carbonyl (C=O) groups is 2. The molecule has 0 spiro atoms. The third kappa shape index (κ3) is 8.77. The van der Waals surface area contributed by atoms with Crippen molar-refractivity contribution in [2.75, 3.05) is 0 Å². The monoisotopic (exact) mass is 652 g/mol. The summed E-state index contributed by atoms with van der Waals surface area (Å²) in [6.07, 6.45) is 5.55. The molecule has 4 aromatic carbocycles. The van der Waals surface area contributed by atoms with Gasteiger partial charge in [0.05, 0.1) is 15.1 Å². The molecule has 4 rings (SSSR count). The van der Waals surface area contributed by atoms with Crippen molar-refractivity contribution < 1.29 is 19.8 Å². The van der Waals surface area contributed by atoms with Gasteiger partial charge in [0.2, 0.25) is 0 Å². The molecule has 204 valence electrons. The Morgan fingerprint density at radius 2 is 1.02 bits per heavy atom. The molecular weight excluding hydrogens is 637 g/mol. The average molecular weight is 655 g/mol. The van der Waals surface area contributed by atoms with Gasteiger partial charge in [-0.3, -0.25) is 9.59 Å². The number of benzene rings is 4. The zero-order valence-corrected chi connectivity index (χ0v) is 24.8. The van der Waals surface area contributed by atoms with E-state index in [4.69, 9.17) is 69.6 Å². The lowest BCUT2D eigenvalue weighted by Gasteiger charge is -2.03. The van der Waals surface area contributed by atoms with Gasteiger partial charge in [0.25, 0.3) is 0 Å². The standard InChI is InChI=1S/2C15H9Cl3O2/c16-11-4-1-9(2-5-11)14(19)6-3-10-7-12(17)8-13(18)15(10)20;16-10-7-9(15(20)13(18)8-10)5-6-14(19)11-3-1-2-4-12(11)17/h2*1-8,20H/b6-3+;6-5+. The van der Waals surface area contributed by atoms with Gasteiger partial charge in [-0.15, -0.1) is 0 Å². The van der Waals surface area contributed by atoms with Crippen molar-refractivity contribution in [2.24, 2.45) is 0 Å². The first-order valence-corrected chi connectivity index (χ1v) is 13.5. The third-order valence-corrected chi connectivity index (χ3v) is 6.81. The first-order chi connectivity index (χ1) is 19.0. The highest BCUT2D eigenvalue weighted by Gasteiger charge is 2.09. The second kappa shape index (κ2) is 14.6. The number of allylic oxidation sites excluding steroid dienone is 2. The highest BCUT2D eigenvalue weighted by molar-refractivity contribution is 6.37. The Labute approximate surface area is 260 Å². The maximum atomic E-state index is 12.0. The molecule has 0 bridgehead atoms. The quantitative estimate of drug-likeness (QED) is 0.160. The zero-order valence-electron chi connectivity index (χ0n) is 20.2. The van der Waals surface area contributed by atoms with Gasteiger partial charge in [-0.25, -0.2) is 0 Å². The SMILES string of the molecule is O=C(/C=C/c1cc(Cl)cc(Cl)c1O)c1ccc(Cl)cc1.O=C(/C=C/c1cc(Cl)cc(Cl)c1O)c1ccccc1Cl. The van der Waals surface area contributed by atoms with Crippen LogP contribution in [0.5, 0.6) is 11.5 Å². The molecule has 0 aliphatic carbocycles. The number of hydrogen-bond donors (Lipinski definition) is 2. The van der Waals surface area contributed by atoms with Gasteiger partial charge in [0.1, 0.15) is 11.5 Å². The maximum absolute atomic E-state index is 12.0. The average Bonchev–Trinajstić information content (AvgIpc) is 2.91. The summed E-state index contributed by atoms with van der Waals surface area (Å²) < 4.78 is 0. The summed E-state index contributed by atoms with van der Waals surface area (Å²) in [7, 11) is 0. The maximum Gasteiger partial charge on any atom is 0.187 e. The van der Waals surface area contributed by atoms with Gasteiger partial charge in [-0.2, -0.15) is 0 Å². The summed E-state index contributed by atoms with van der Waals surface area (Å²) in [5.74, 6) is -0.723. The number of ketones is 2. The van der Waals surface area contributed by atoms with E-state index in [1.807, 2.05) is 0 Å².